The third kappa shape index (κ3) is 4.66. The van der Waals surface area contributed by atoms with Crippen LogP contribution < -0.4 is 0 Å². The van der Waals surface area contributed by atoms with E-state index in [4.69, 9.17) is 18.8 Å². The second kappa shape index (κ2) is 12.0. The van der Waals surface area contributed by atoms with Crippen molar-refractivity contribution in [3.05, 3.63) is 182 Å². The topological polar surface area (TPSA) is 52.1 Å². The van der Waals surface area contributed by atoms with E-state index in [1.807, 2.05) is 30.3 Å². The molecule has 56 heavy (non-hydrogen) atoms. The van der Waals surface area contributed by atoms with Crippen molar-refractivity contribution in [3.63, 3.8) is 0 Å². The second-order valence-electron chi connectivity index (χ2n) is 14.5. The van der Waals surface area contributed by atoms with Gasteiger partial charge in [0.15, 0.2) is 0 Å². The maximum Gasteiger partial charge on any atom is 0.143 e. The van der Waals surface area contributed by atoms with Crippen molar-refractivity contribution in [2.45, 2.75) is 0 Å². The summed E-state index contributed by atoms with van der Waals surface area (Å²) < 4.78 is 13.3. The van der Waals surface area contributed by atoms with Crippen LogP contribution in [0.15, 0.2) is 191 Å². The molecule has 0 aliphatic heterocycles. The summed E-state index contributed by atoms with van der Waals surface area (Å²) in [6.45, 7) is 0. The highest BCUT2D eigenvalue weighted by Gasteiger charge is 2.20. The van der Waals surface area contributed by atoms with Crippen LogP contribution in [0, 0.1) is 0 Å². The molecule has 0 fully saturated rings. The van der Waals surface area contributed by atoms with E-state index in [1.165, 1.54) is 0 Å². The number of hydrogen-bond acceptors (Lipinski definition) is 4. The van der Waals surface area contributed by atoms with Gasteiger partial charge in [-0.25, -0.2) is 9.97 Å². The Kier molecular flexibility index (Phi) is 6.60. The Balaban J connectivity index is 1.04. The molecule has 4 nitrogen and oxygen atoms in total. The smallest absolute Gasteiger partial charge is 0.143 e. The van der Waals surface area contributed by atoms with Gasteiger partial charge in [-0.2, -0.15) is 0 Å². The summed E-state index contributed by atoms with van der Waals surface area (Å²) in [5.41, 5.74) is 13.6. The monoisotopic (exact) mass is 714 g/mol. The molecule has 0 unspecified atom stereocenters. The summed E-state index contributed by atoms with van der Waals surface area (Å²) in [6.07, 6.45) is 0. The summed E-state index contributed by atoms with van der Waals surface area (Å²) in [6, 6.07) is 63.6. The summed E-state index contributed by atoms with van der Waals surface area (Å²) in [4.78, 5) is 10.4. The molecule has 0 saturated heterocycles. The van der Waals surface area contributed by atoms with Crippen LogP contribution in [0.2, 0.25) is 0 Å². The number of benzene rings is 8. The van der Waals surface area contributed by atoms with E-state index in [9.17, 15) is 0 Å². The number of nitrogens with zero attached hydrogens (tertiary/aromatic N) is 2. The molecular formula is C52H30N2O2. The van der Waals surface area contributed by atoms with E-state index in [0.717, 1.165) is 121 Å². The lowest BCUT2D eigenvalue weighted by molar-refractivity contribution is 0.670. The van der Waals surface area contributed by atoms with Gasteiger partial charge in [-0.3, -0.25) is 0 Å². The lowest BCUT2D eigenvalue weighted by Crippen LogP contribution is -1.91. The van der Waals surface area contributed by atoms with Gasteiger partial charge in [0, 0.05) is 54.4 Å². The summed E-state index contributed by atoms with van der Waals surface area (Å²) >= 11 is 0. The third-order valence-electron chi connectivity index (χ3n) is 11.3. The minimum absolute atomic E-state index is 0.850. The van der Waals surface area contributed by atoms with Gasteiger partial charge in [-0.05, 0) is 58.5 Å². The van der Waals surface area contributed by atoms with Gasteiger partial charge >= 0.3 is 0 Å². The van der Waals surface area contributed by atoms with Gasteiger partial charge in [-0.1, -0.05) is 146 Å². The molecule has 12 aromatic rings. The number of furan rings is 2. The highest BCUT2D eigenvalue weighted by Crippen LogP contribution is 2.45. The average molecular weight is 715 g/mol. The Labute approximate surface area is 320 Å². The molecule has 4 aromatic heterocycles. The summed E-state index contributed by atoms with van der Waals surface area (Å²) in [7, 11) is 0. The van der Waals surface area contributed by atoms with Crippen LogP contribution in [0.3, 0.4) is 0 Å². The van der Waals surface area contributed by atoms with Crippen LogP contribution in [0.1, 0.15) is 0 Å². The van der Waals surface area contributed by atoms with E-state index in [-0.39, 0.29) is 0 Å². The number of para-hydroxylation sites is 2. The first-order valence-electron chi connectivity index (χ1n) is 18.9. The molecule has 4 heteroatoms. The number of pyridine rings is 2. The number of fused-ring (bicyclic) bond motifs is 11. The van der Waals surface area contributed by atoms with Crippen molar-refractivity contribution in [3.8, 4) is 44.8 Å². The third-order valence-corrected chi connectivity index (χ3v) is 11.3. The zero-order valence-corrected chi connectivity index (χ0v) is 30.0. The Morgan fingerprint density at radius 2 is 0.875 bits per heavy atom. The molecule has 0 radical (unpaired) electrons. The summed E-state index contributed by atoms with van der Waals surface area (Å²) in [5, 5.41) is 8.70. The lowest BCUT2D eigenvalue weighted by Gasteiger charge is -2.11. The molecule has 4 heterocycles. The van der Waals surface area contributed by atoms with Gasteiger partial charge in [0.2, 0.25) is 0 Å². The fraction of sp³-hybridized carbons (Fsp3) is 0. The molecule has 0 aliphatic rings. The molecule has 0 amide bonds. The molecule has 0 spiro atoms. The van der Waals surface area contributed by atoms with Crippen molar-refractivity contribution in [1.82, 2.24) is 9.97 Å². The van der Waals surface area contributed by atoms with Crippen molar-refractivity contribution in [2.75, 3.05) is 0 Å². The van der Waals surface area contributed by atoms with Crippen LogP contribution in [-0.2, 0) is 0 Å². The quantitative estimate of drug-likeness (QED) is 0.170. The van der Waals surface area contributed by atoms with Crippen molar-refractivity contribution in [1.29, 1.82) is 0 Å². The Bertz CT molecular complexity index is 3540. The minimum atomic E-state index is 0.850. The van der Waals surface area contributed by atoms with E-state index in [1.54, 1.807) is 0 Å². The lowest BCUT2D eigenvalue weighted by atomic mass is 9.92. The Hall–Kier alpha value is -7.56. The van der Waals surface area contributed by atoms with Crippen LogP contribution in [-0.4, -0.2) is 9.97 Å². The highest BCUT2D eigenvalue weighted by atomic mass is 16.3. The van der Waals surface area contributed by atoms with Gasteiger partial charge in [0.1, 0.15) is 22.3 Å². The van der Waals surface area contributed by atoms with Crippen LogP contribution in [0.25, 0.3) is 121 Å². The molecule has 8 aromatic carbocycles. The molecule has 0 aliphatic carbocycles. The molecule has 260 valence electrons. The predicted molar refractivity (Wildman–Crippen MR) is 231 cm³/mol. The van der Waals surface area contributed by atoms with Gasteiger partial charge in [0.05, 0.1) is 22.4 Å². The average Bonchev–Trinajstić information content (AvgIpc) is 3.85. The first kappa shape index (κ1) is 30.9. The molecule has 0 saturated carbocycles. The Morgan fingerprint density at radius 1 is 0.321 bits per heavy atom. The van der Waals surface area contributed by atoms with Crippen molar-refractivity contribution in [2.24, 2.45) is 0 Å². The second-order valence-corrected chi connectivity index (χ2v) is 14.5. The van der Waals surface area contributed by atoms with E-state index in [2.05, 4.69) is 152 Å². The summed E-state index contributed by atoms with van der Waals surface area (Å²) in [5.74, 6) is 0. The zero-order chi connectivity index (χ0) is 36.7. The number of hydrogen-bond donors (Lipinski definition) is 0. The van der Waals surface area contributed by atoms with Crippen molar-refractivity contribution >= 4 is 76.5 Å². The largest absolute Gasteiger partial charge is 0.455 e. The fourth-order valence-electron chi connectivity index (χ4n) is 8.62. The van der Waals surface area contributed by atoms with E-state index < -0.39 is 0 Å². The van der Waals surface area contributed by atoms with Crippen molar-refractivity contribution < 1.29 is 8.83 Å². The Morgan fingerprint density at radius 3 is 1.70 bits per heavy atom. The van der Waals surface area contributed by atoms with Gasteiger partial charge < -0.3 is 8.83 Å². The standard InChI is InChI=1S/C52H30N2O2/c1-2-11-31(12-3-1)44-27-25-32-23-24-33-26-28-45(54-50(33)49(32)53-44)35-14-8-13-34(29-35)36-18-10-22-47-48(36)43-30-42(37-15-4-5-17-39(37)52(43)56-47)41-20-9-19-40-38-16-6-7-21-46(38)55-51(40)41/h1-30H. The van der Waals surface area contributed by atoms with Crippen LogP contribution in [0.4, 0.5) is 0 Å². The molecule has 0 N–H and O–H groups in total. The molecular weight excluding hydrogens is 685 g/mol. The number of rotatable bonds is 4. The SMILES string of the molecule is c1ccc(-c2ccc3ccc4ccc(-c5cccc(-c6cccc7oc8c9ccccc9c(-c9cccc%10c9oc9ccccc9%10)cc8c67)c5)nc4c3n2)cc1. The zero-order valence-electron chi connectivity index (χ0n) is 30.0. The fourth-order valence-corrected chi connectivity index (χ4v) is 8.62. The van der Waals surface area contributed by atoms with E-state index >= 15 is 0 Å². The number of aromatic nitrogens is 2. The molecule has 0 atom stereocenters. The van der Waals surface area contributed by atoms with Crippen LogP contribution in [0.5, 0.6) is 0 Å². The van der Waals surface area contributed by atoms with Crippen LogP contribution >= 0.6 is 0 Å². The minimum Gasteiger partial charge on any atom is -0.455 e. The van der Waals surface area contributed by atoms with Gasteiger partial charge in [-0.15, -0.1) is 0 Å². The highest BCUT2D eigenvalue weighted by molar-refractivity contribution is 6.23. The molecule has 12 rings (SSSR count). The van der Waals surface area contributed by atoms with E-state index in [0.29, 0.717) is 0 Å². The normalized spacial score (nSPS) is 11.9. The first-order valence-corrected chi connectivity index (χ1v) is 18.9. The predicted octanol–water partition coefficient (Wildman–Crippen LogP) is 14.4. The van der Waals surface area contributed by atoms with Gasteiger partial charge in [0.25, 0.3) is 0 Å². The molecule has 0 bridgehead atoms. The maximum atomic E-state index is 6.76. The maximum absolute atomic E-state index is 6.76. The first-order chi connectivity index (χ1) is 27.7.